The second-order valence-corrected chi connectivity index (χ2v) is 6.14. The lowest BCUT2D eigenvalue weighted by Gasteiger charge is -2.13. The molecule has 7 nitrogen and oxygen atoms in total. The highest BCUT2D eigenvalue weighted by molar-refractivity contribution is 6.03. The van der Waals surface area contributed by atoms with Gasteiger partial charge in [-0.15, -0.1) is 0 Å². The number of anilines is 1. The Labute approximate surface area is 150 Å². The fraction of sp³-hybridized carbons (Fsp3) is 0.211. The van der Waals surface area contributed by atoms with Crippen molar-refractivity contribution in [1.82, 2.24) is 19.7 Å². The van der Waals surface area contributed by atoms with Gasteiger partial charge in [-0.25, -0.2) is 4.98 Å². The molecule has 2 N–H and O–H groups in total. The molecule has 2 heterocycles. The van der Waals surface area contributed by atoms with E-state index in [0.717, 1.165) is 40.4 Å². The number of nitrogens with one attached hydrogen (secondary N) is 2. The van der Waals surface area contributed by atoms with Crippen LogP contribution in [0.25, 0.3) is 11.3 Å². The molecule has 0 saturated heterocycles. The zero-order valence-corrected chi connectivity index (χ0v) is 14.6. The first-order valence-electron chi connectivity index (χ1n) is 8.37. The van der Waals surface area contributed by atoms with Gasteiger partial charge in [-0.05, 0) is 17.6 Å². The summed E-state index contributed by atoms with van der Waals surface area (Å²) in [6, 6.07) is 10.1. The molecular formula is C19H19N5O2. The quantitative estimate of drug-likeness (QED) is 0.740. The molecular weight excluding hydrogens is 330 g/mol. The van der Waals surface area contributed by atoms with Crippen LogP contribution in [0, 0.1) is 0 Å². The summed E-state index contributed by atoms with van der Waals surface area (Å²) in [6.45, 7) is 0. The Morgan fingerprint density at radius 1 is 1.27 bits per heavy atom. The molecule has 0 spiro atoms. The van der Waals surface area contributed by atoms with Gasteiger partial charge in [-0.2, -0.15) is 5.10 Å². The molecule has 3 aromatic rings. The van der Waals surface area contributed by atoms with Crippen LogP contribution in [0.15, 0.2) is 42.7 Å². The SMILES string of the molecule is COC1=c2[nH]c(NC(=O)c3cnn(C)c3)nc2=C(c2ccccc2)CC1. The van der Waals surface area contributed by atoms with Gasteiger partial charge in [0.15, 0.2) is 0 Å². The Kier molecular flexibility index (Phi) is 4.04. The third-order valence-electron chi connectivity index (χ3n) is 4.44. The summed E-state index contributed by atoms with van der Waals surface area (Å²) in [5, 5.41) is 8.46. The molecule has 0 bridgehead atoms. The van der Waals surface area contributed by atoms with Gasteiger partial charge in [-0.1, -0.05) is 30.3 Å². The molecule has 1 aromatic carbocycles. The number of H-pyrrole nitrogens is 1. The number of hydrogen-bond donors (Lipinski definition) is 2. The maximum Gasteiger partial charge on any atom is 0.261 e. The fourth-order valence-electron chi connectivity index (χ4n) is 3.18. The van der Waals surface area contributed by atoms with E-state index in [1.807, 2.05) is 18.2 Å². The van der Waals surface area contributed by atoms with E-state index < -0.39 is 0 Å². The summed E-state index contributed by atoms with van der Waals surface area (Å²) in [7, 11) is 3.42. The van der Waals surface area contributed by atoms with Crippen molar-refractivity contribution in [2.75, 3.05) is 12.4 Å². The highest BCUT2D eigenvalue weighted by atomic mass is 16.5. The van der Waals surface area contributed by atoms with E-state index in [1.54, 1.807) is 25.0 Å². The summed E-state index contributed by atoms with van der Waals surface area (Å²) in [5.41, 5.74) is 2.74. The van der Waals surface area contributed by atoms with Crippen molar-refractivity contribution in [2.45, 2.75) is 12.8 Å². The average Bonchev–Trinajstić information content (AvgIpc) is 3.27. The zero-order valence-electron chi connectivity index (χ0n) is 14.6. The molecule has 0 fully saturated rings. The third kappa shape index (κ3) is 2.88. The number of carbonyl (C=O) groups excluding carboxylic acids is 1. The summed E-state index contributed by atoms with van der Waals surface area (Å²) < 4.78 is 7.10. The van der Waals surface area contributed by atoms with Crippen LogP contribution in [0.3, 0.4) is 0 Å². The number of aryl methyl sites for hydroxylation is 1. The molecule has 1 aliphatic carbocycles. The predicted octanol–water partition coefficient (Wildman–Crippen LogP) is 1.14. The van der Waals surface area contributed by atoms with Crippen molar-refractivity contribution >= 4 is 23.2 Å². The Morgan fingerprint density at radius 2 is 2.08 bits per heavy atom. The lowest BCUT2D eigenvalue weighted by Crippen LogP contribution is -2.33. The van der Waals surface area contributed by atoms with Crippen LogP contribution in [0.2, 0.25) is 0 Å². The van der Waals surface area contributed by atoms with Crippen molar-refractivity contribution in [2.24, 2.45) is 7.05 Å². The van der Waals surface area contributed by atoms with Crippen LogP contribution in [-0.4, -0.2) is 32.8 Å². The van der Waals surface area contributed by atoms with Crippen LogP contribution in [0.5, 0.6) is 0 Å². The van der Waals surface area contributed by atoms with Crippen molar-refractivity contribution < 1.29 is 9.53 Å². The van der Waals surface area contributed by atoms with Crippen molar-refractivity contribution in [3.8, 4) is 0 Å². The Morgan fingerprint density at radius 3 is 2.77 bits per heavy atom. The number of hydrogen-bond acceptors (Lipinski definition) is 4. The van der Waals surface area contributed by atoms with Gasteiger partial charge < -0.3 is 9.72 Å². The first-order valence-corrected chi connectivity index (χ1v) is 8.37. The number of rotatable bonds is 4. The molecule has 7 heteroatoms. The monoisotopic (exact) mass is 349 g/mol. The van der Waals surface area contributed by atoms with Gasteiger partial charge >= 0.3 is 0 Å². The van der Waals surface area contributed by atoms with E-state index in [2.05, 4.69) is 32.5 Å². The highest BCUT2D eigenvalue weighted by Gasteiger charge is 2.18. The Hall–Kier alpha value is -3.35. The van der Waals surface area contributed by atoms with Gasteiger partial charge in [0.05, 0.1) is 24.2 Å². The van der Waals surface area contributed by atoms with E-state index in [9.17, 15) is 4.79 Å². The second-order valence-electron chi connectivity index (χ2n) is 6.14. The molecule has 26 heavy (non-hydrogen) atoms. The maximum absolute atomic E-state index is 12.4. The standard InChI is InChI=1S/C19H19N5O2/c1-24-11-13(10-20-24)18(25)23-19-21-16-14(12-6-4-3-5-7-12)8-9-15(26-2)17(16)22-19/h3-7,10-11H,8-9H2,1-2H3,(H2,21,22,23,25). The summed E-state index contributed by atoms with van der Waals surface area (Å²) >= 11 is 0. The number of ether oxygens (including phenoxy) is 1. The number of carbonyl (C=O) groups is 1. The molecule has 132 valence electrons. The molecule has 0 unspecified atom stereocenters. The van der Waals surface area contributed by atoms with Crippen molar-refractivity contribution in [3.05, 3.63) is 64.6 Å². The second kappa shape index (κ2) is 6.51. The minimum absolute atomic E-state index is 0.260. The maximum atomic E-state index is 12.4. The first-order chi connectivity index (χ1) is 12.7. The molecule has 0 atom stereocenters. The molecule has 1 amide bonds. The number of fused-ring (bicyclic) bond motifs is 1. The molecule has 2 aromatic heterocycles. The first kappa shape index (κ1) is 16.1. The number of imidazole rings is 1. The van der Waals surface area contributed by atoms with Gasteiger partial charge in [0.25, 0.3) is 5.91 Å². The smallest absolute Gasteiger partial charge is 0.261 e. The van der Waals surface area contributed by atoms with Crippen LogP contribution < -0.4 is 16.0 Å². The van der Waals surface area contributed by atoms with Crippen LogP contribution in [0.1, 0.15) is 28.8 Å². The highest BCUT2D eigenvalue weighted by Crippen LogP contribution is 2.21. The molecule has 0 saturated carbocycles. The largest absolute Gasteiger partial charge is 0.499 e. The van der Waals surface area contributed by atoms with Crippen LogP contribution in [-0.2, 0) is 11.8 Å². The van der Waals surface area contributed by atoms with E-state index in [1.165, 1.54) is 6.20 Å². The number of nitrogens with zero attached hydrogens (tertiary/aromatic N) is 3. The minimum Gasteiger partial charge on any atom is -0.499 e. The van der Waals surface area contributed by atoms with Crippen LogP contribution >= 0.6 is 0 Å². The Bertz CT molecular complexity index is 1080. The summed E-state index contributed by atoms with van der Waals surface area (Å²) in [6.07, 6.45) is 4.80. The molecule has 1 aliphatic rings. The normalized spacial score (nSPS) is 13.5. The van der Waals surface area contributed by atoms with Crippen LogP contribution in [0.4, 0.5) is 5.95 Å². The minimum atomic E-state index is -0.260. The fourth-order valence-corrected chi connectivity index (χ4v) is 3.18. The lowest BCUT2D eigenvalue weighted by molar-refractivity contribution is 0.102. The number of amides is 1. The van der Waals surface area contributed by atoms with E-state index in [-0.39, 0.29) is 5.91 Å². The molecule has 4 rings (SSSR count). The summed E-state index contributed by atoms with van der Waals surface area (Å²) in [4.78, 5) is 20.2. The van der Waals surface area contributed by atoms with E-state index >= 15 is 0 Å². The number of benzene rings is 1. The summed E-state index contributed by atoms with van der Waals surface area (Å²) in [5.74, 6) is 0.979. The van der Waals surface area contributed by atoms with Crippen molar-refractivity contribution in [3.63, 3.8) is 0 Å². The Balaban J connectivity index is 1.79. The zero-order chi connectivity index (χ0) is 18.1. The lowest BCUT2D eigenvalue weighted by atomic mass is 9.97. The number of aromatic nitrogens is 4. The predicted molar refractivity (Wildman–Crippen MR) is 97.6 cm³/mol. The van der Waals surface area contributed by atoms with Gasteiger partial charge in [0, 0.05) is 19.7 Å². The topological polar surface area (TPSA) is 84.8 Å². The number of aromatic amines is 1. The molecule has 0 radical (unpaired) electrons. The van der Waals surface area contributed by atoms with E-state index in [4.69, 9.17) is 4.74 Å². The third-order valence-corrected chi connectivity index (χ3v) is 4.44. The average molecular weight is 349 g/mol. The molecule has 0 aliphatic heterocycles. The van der Waals surface area contributed by atoms with Crippen molar-refractivity contribution in [1.29, 1.82) is 0 Å². The van der Waals surface area contributed by atoms with Gasteiger partial charge in [0.2, 0.25) is 5.95 Å². The number of methoxy groups -OCH3 is 1. The van der Waals surface area contributed by atoms with Gasteiger partial charge in [0.1, 0.15) is 11.1 Å². The van der Waals surface area contributed by atoms with Gasteiger partial charge in [-0.3, -0.25) is 14.8 Å². The van der Waals surface area contributed by atoms with E-state index in [0.29, 0.717) is 11.5 Å².